The first-order valence-corrected chi connectivity index (χ1v) is 13.9. The number of para-hydroxylation sites is 1. The van der Waals surface area contributed by atoms with Crippen molar-refractivity contribution in [1.29, 1.82) is 0 Å². The monoisotopic (exact) mass is 561 g/mol. The van der Waals surface area contributed by atoms with Crippen molar-refractivity contribution in [1.82, 2.24) is 0 Å². The van der Waals surface area contributed by atoms with Crippen molar-refractivity contribution in [2.24, 2.45) is 5.41 Å². The summed E-state index contributed by atoms with van der Waals surface area (Å²) in [5.74, 6) is -1.40. The quantitative estimate of drug-likeness (QED) is 0.341. The molecule has 1 aliphatic heterocycles. The molecule has 1 heterocycles. The number of halogens is 1. The van der Waals surface area contributed by atoms with Gasteiger partial charge in [-0.1, -0.05) is 29.8 Å². The number of hydrogen-bond donors (Lipinski definition) is 1. The Hall–Kier alpha value is -3.84. The van der Waals surface area contributed by atoms with Crippen LogP contribution in [-0.2, 0) is 9.59 Å². The zero-order chi connectivity index (χ0) is 29.2. The highest BCUT2D eigenvalue weighted by molar-refractivity contribution is 6.30. The maximum absolute atomic E-state index is 13.9. The number of likely N-dealkylation sites (N-methyl/N-ethyl adjacent to an activating group) is 1. The van der Waals surface area contributed by atoms with E-state index in [1.807, 2.05) is 74.3 Å². The van der Waals surface area contributed by atoms with E-state index in [1.54, 1.807) is 47.9 Å². The highest BCUT2D eigenvalue weighted by atomic mass is 35.5. The fourth-order valence-electron chi connectivity index (χ4n) is 5.38. The Morgan fingerprint density at radius 1 is 0.975 bits per heavy atom. The van der Waals surface area contributed by atoms with Crippen molar-refractivity contribution >= 4 is 46.4 Å². The lowest BCUT2D eigenvalue weighted by atomic mass is 9.84. The van der Waals surface area contributed by atoms with E-state index in [-0.39, 0.29) is 23.8 Å². The SMILES string of the molecule is CCN(C(=O)[C@H]1C[C@H](C)N(C(=O)c2ccc(N(C)CC(C)(C)C(=O)O)cc2)c2ccccc21)c1ccc(Cl)cc1. The number of carbonyl (C=O) groups is 3. The lowest BCUT2D eigenvalue weighted by Gasteiger charge is -2.40. The number of aliphatic carboxylic acids is 1. The predicted molar refractivity (Wildman–Crippen MR) is 161 cm³/mol. The van der Waals surface area contributed by atoms with Gasteiger partial charge in [-0.3, -0.25) is 14.4 Å². The molecule has 0 saturated heterocycles. The van der Waals surface area contributed by atoms with Crippen LogP contribution in [0, 0.1) is 5.41 Å². The Kier molecular flexibility index (Phi) is 8.54. The number of anilines is 3. The van der Waals surface area contributed by atoms with Gasteiger partial charge in [0.25, 0.3) is 5.91 Å². The van der Waals surface area contributed by atoms with Crippen molar-refractivity contribution in [2.45, 2.75) is 46.1 Å². The first kappa shape index (κ1) is 29.2. The molecule has 1 N–H and O–H groups in total. The van der Waals surface area contributed by atoms with Crippen LogP contribution in [0.1, 0.15) is 56.0 Å². The van der Waals surface area contributed by atoms with E-state index >= 15 is 0 Å². The molecule has 0 aliphatic carbocycles. The topological polar surface area (TPSA) is 81.2 Å². The van der Waals surface area contributed by atoms with Crippen molar-refractivity contribution in [3.63, 3.8) is 0 Å². The molecule has 0 fully saturated rings. The smallest absolute Gasteiger partial charge is 0.310 e. The molecule has 210 valence electrons. The molecule has 2 atom stereocenters. The predicted octanol–water partition coefficient (Wildman–Crippen LogP) is 6.46. The van der Waals surface area contributed by atoms with E-state index in [0.717, 1.165) is 22.6 Å². The number of hydrogen-bond acceptors (Lipinski definition) is 4. The fourth-order valence-corrected chi connectivity index (χ4v) is 5.51. The second-order valence-electron chi connectivity index (χ2n) is 11.0. The summed E-state index contributed by atoms with van der Waals surface area (Å²) in [6.45, 7) is 8.14. The molecule has 0 radical (unpaired) electrons. The Morgan fingerprint density at radius 3 is 2.17 bits per heavy atom. The molecular weight excluding hydrogens is 526 g/mol. The van der Waals surface area contributed by atoms with Crippen molar-refractivity contribution in [2.75, 3.05) is 34.8 Å². The summed E-state index contributed by atoms with van der Waals surface area (Å²) in [5.41, 5.74) is 2.80. The van der Waals surface area contributed by atoms with Crippen molar-refractivity contribution in [3.8, 4) is 0 Å². The molecule has 0 spiro atoms. The van der Waals surface area contributed by atoms with Gasteiger partial charge in [0, 0.05) is 53.8 Å². The van der Waals surface area contributed by atoms with Gasteiger partial charge >= 0.3 is 5.97 Å². The van der Waals surface area contributed by atoms with Crippen LogP contribution in [0.15, 0.2) is 72.8 Å². The maximum atomic E-state index is 13.9. The summed E-state index contributed by atoms with van der Waals surface area (Å²) in [5, 5.41) is 10.1. The van der Waals surface area contributed by atoms with Crippen molar-refractivity contribution < 1.29 is 19.5 Å². The van der Waals surface area contributed by atoms with Gasteiger partial charge in [-0.05, 0) is 94.3 Å². The van der Waals surface area contributed by atoms with Gasteiger partial charge in [-0.15, -0.1) is 0 Å². The molecular formula is C32H36ClN3O4. The van der Waals surface area contributed by atoms with Gasteiger partial charge in [0.05, 0.1) is 11.3 Å². The highest BCUT2D eigenvalue weighted by Gasteiger charge is 2.39. The molecule has 7 nitrogen and oxygen atoms in total. The Balaban J connectivity index is 1.59. The molecule has 40 heavy (non-hydrogen) atoms. The zero-order valence-electron chi connectivity index (χ0n) is 23.6. The molecule has 0 unspecified atom stereocenters. The van der Waals surface area contributed by atoms with Crippen LogP contribution in [0.4, 0.5) is 17.1 Å². The van der Waals surface area contributed by atoms with E-state index in [2.05, 4.69) is 0 Å². The lowest BCUT2D eigenvalue weighted by Crippen LogP contribution is -2.46. The van der Waals surface area contributed by atoms with Crippen LogP contribution in [0.2, 0.25) is 5.02 Å². The summed E-state index contributed by atoms with van der Waals surface area (Å²) in [7, 11) is 1.84. The summed E-state index contributed by atoms with van der Waals surface area (Å²) < 4.78 is 0. The molecule has 8 heteroatoms. The number of fused-ring (bicyclic) bond motifs is 1. The van der Waals surface area contributed by atoms with Gasteiger partial charge in [-0.2, -0.15) is 0 Å². The number of nitrogens with zero attached hydrogens (tertiary/aromatic N) is 3. The summed E-state index contributed by atoms with van der Waals surface area (Å²) >= 11 is 6.07. The Labute approximate surface area is 241 Å². The standard InChI is InChI=1S/C32H36ClN3O4/c1-6-35(25-17-13-23(33)14-18-25)30(38)27-19-21(2)36(28-10-8-7-9-26(27)28)29(37)22-11-15-24(16-12-22)34(5)20-32(3,4)31(39)40/h7-18,21,27H,6,19-20H2,1-5H3,(H,39,40)/t21-,27-/m0/s1. The highest BCUT2D eigenvalue weighted by Crippen LogP contribution is 2.41. The molecule has 0 bridgehead atoms. The summed E-state index contributed by atoms with van der Waals surface area (Å²) in [6, 6.07) is 21.9. The molecule has 0 saturated carbocycles. The number of benzene rings is 3. The molecule has 0 aromatic heterocycles. The number of carboxylic acids is 1. The molecule has 1 aliphatic rings. The minimum absolute atomic E-state index is 0.00658. The van der Waals surface area contributed by atoms with Gasteiger partial charge in [0.15, 0.2) is 0 Å². The third-order valence-corrected chi connectivity index (χ3v) is 7.85. The first-order chi connectivity index (χ1) is 18.9. The second-order valence-corrected chi connectivity index (χ2v) is 11.5. The minimum Gasteiger partial charge on any atom is -0.481 e. The molecule has 2 amide bonds. The fraction of sp³-hybridized carbons (Fsp3) is 0.344. The van der Waals surface area contributed by atoms with E-state index in [4.69, 9.17) is 11.6 Å². The molecule has 3 aromatic carbocycles. The third-order valence-electron chi connectivity index (χ3n) is 7.59. The first-order valence-electron chi connectivity index (χ1n) is 13.5. The largest absolute Gasteiger partial charge is 0.481 e. The Bertz CT molecular complexity index is 1390. The van der Waals surface area contributed by atoms with Gasteiger partial charge in [0.2, 0.25) is 5.91 Å². The van der Waals surface area contributed by atoms with E-state index in [9.17, 15) is 19.5 Å². The summed E-state index contributed by atoms with van der Waals surface area (Å²) in [6.07, 6.45) is 0.497. The van der Waals surface area contributed by atoms with Gasteiger partial charge in [0.1, 0.15) is 0 Å². The van der Waals surface area contributed by atoms with Gasteiger partial charge < -0.3 is 19.8 Å². The van der Waals surface area contributed by atoms with E-state index in [0.29, 0.717) is 30.1 Å². The van der Waals surface area contributed by atoms with Crippen LogP contribution in [-0.4, -0.2) is 49.1 Å². The average Bonchev–Trinajstić information content (AvgIpc) is 2.93. The number of carbonyl (C=O) groups excluding carboxylic acids is 2. The lowest BCUT2D eigenvalue weighted by molar-refractivity contribution is -0.146. The van der Waals surface area contributed by atoms with Crippen LogP contribution in [0.25, 0.3) is 0 Å². The van der Waals surface area contributed by atoms with Crippen LogP contribution in [0.3, 0.4) is 0 Å². The second kappa shape index (κ2) is 11.7. The molecule has 3 aromatic rings. The van der Waals surface area contributed by atoms with Crippen LogP contribution < -0.4 is 14.7 Å². The third kappa shape index (κ3) is 5.85. The van der Waals surface area contributed by atoms with E-state index < -0.39 is 11.4 Å². The molecule has 4 rings (SSSR count). The number of rotatable bonds is 8. The number of amides is 2. The van der Waals surface area contributed by atoms with Gasteiger partial charge in [-0.25, -0.2) is 0 Å². The summed E-state index contributed by atoms with van der Waals surface area (Å²) in [4.78, 5) is 44.6. The van der Waals surface area contributed by atoms with Crippen LogP contribution in [0.5, 0.6) is 0 Å². The maximum Gasteiger partial charge on any atom is 0.310 e. The normalized spacial score (nSPS) is 16.7. The zero-order valence-corrected chi connectivity index (χ0v) is 24.4. The Morgan fingerprint density at radius 2 is 1.57 bits per heavy atom. The number of carboxylic acid groups (broad SMARTS) is 1. The van der Waals surface area contributed by atoms with Crippen LogP contribution >= 0.6 is 11.6 Å². The average molecular weight is 562 g/mol. The van der Waals surface area contributed by atoms with Crippen molar-refractivity contribution in [3.05, 3.63) is 88.9 Å². The van der Waals surface area contributed by atoms with E-state index in [1.165, 1.54) is 0 Å². The minimum atomic E-state index is -0.912.